The molecule has 0 aliphatic carbocycles. The molecule has 0 unspecified atom stereocenters. The molecule has 2 aromatic carbocycles. The van der Waals surface area contributed by atoms with E-state index in [4.69, 9.17) is 16.3 Å². The van der Waals surface area contributed by atoms with Crippen molar-refractivity contribution in [2.75, 3.05) is 32.0 Å². The van der Waals surface area contributed by atoms with Crippen molar-refractivity contribution < 1.29 is 22.3 Å². The van der Waals surface area contributed by atoms with E-state index in [1.54, 1.807) is 36.0 Å². The van der Waals surface area contributed by atoms with Crippen LogP contribution in [0.15, 0.2) is 53.4 Å². The average Bonchev–Trinajstić information content (AvgIpc) is 3.16. The van der Waals surface area contributed by atoms with Gasteiger partial charge >= 0.3 is 0 Å². The summed E-state index contributed by atoms with van der Waals surface area (Å²) in [5.41, 5.74) is 0. The van der Waals surface area contributed by atoms with Crippen molar-refractivity contribution in [1.82, 2.24) is 9.21 Å². The molecule has 2 aliphatic heterocycles. The number of carbonyl (C=O) groups excluding carboxylic acids is 1. The van der Waals surface area contributed by atoms with E-state index in [9.17, 15) is 17.6 Å². The Morgan fingerprint density at radius 3 is 2.35 bits per heavy atom. The van der Waals surface area contributed by atoms with Gasteiger partial charge in [-0.2, -0.15) is 4.31 Å². The van der Waals surface area contributed by atoms with Crippen LogP contribution in [0.5, 0.6) is 5.75 Å². The minimum Gasteiger partial charge on any atom is -0.484 e. The van der Waals surface area contributed by atoms with E-state index in [1.807, 2.05) is 4.90 Å². The lowest BCUT2D eigenvalue weighted by molar-refractivity contribution is -0.136. The number of carbonyl (C=O) groups is 1. The first-order valence-electron chi connectivity index (χ1n) is 9.89. The van der Waals surface area contributed by atoms with Crippen molar-refractivity contribution in [3.8, 4) is 5.75 Å². The minimum atomic E-state index is -3.69. The maximum Gasteiger partial charge on any atom is 0.261 e. The van der Waals surface area contributed by atoms with E-state index in [2.05, 4.69) is 0 Å². The number of halogens is 2. The number of amides is 1. The first-order valence-corrected chi connectivity index (χ1v) is 12.7. The number of hydrogen-bond donors (Lipinski definition) is 0. The molecular formula is C21H22ClFN2O4S2. The molecule has 166 valence electrons. The summed E-state index contributed by atoms with van der Waals surface area (Å²) >= 11 is 7.57. The fourth-order valence-corrected chi connectivity index (χ4v) is 7.00. The van der Waals surface area contributed by atoms with Gasteiger partial charge in [0.25, 0.3) is 5.91 Å². The lowest BCUT2D eigenvalue weighted by Crippen LogP contribution is -2.54. The highest BCUT2D eigenvalue weighted by Gasteiger charge is 2.47. The summed E-state index contributed by atoms with van der Waals surface area (Å²) in [6, 6.07) is 11.7. The highest BCUT2D eigenvalue weighted by Crippen LogP contribution is 2.44. The van der Waals surface area contributed by atoms with Crippen molar-refractivity contribution in [3.63, 3.8) is 0 Å². The van der Waals surface area contributed by atoms with E-state index in [-0.39, 0.29) is 17.4 Å². The van der Waals surface area contributed by atoms with Gasteiger partial charge < -0.3 is 9.64 Å². The SMILES string of the molecule is O=C(COc1ccc(Cl)cc1)N1CCSC12CCN(S(=O)(=O)c1ccc(F)cc1)CC2. The van der Waals surface area contributed by atoms with E-state index in [1.165, 1.54) is 16.4 Å². The normalized spacial score (nSPS) is 19.0. The van der Waals surface area contributed by atoms with Crippen LogP contribution in [0.3, 0.4) is 0 Å². The molecule has 10 heteroatoms. The van der Waals surface area contributed by atoms with Crippen LogP contribution < -0.4 is 4.74 Å². The Balaban J connectivity index is 1.40. The molecule has 0 radical (unpaired) electrons. The molecule has 0 aromatic heterocycles. The molecule has 31 heavy (non-hydrogen) atoms. The van der Waals surface area contributed by atoms with Crippen molar-refractivity contribution in [2.24, 2.45) is 0 Å². The molecule has 1 spiro atoms. The van der Waals surface area contributed by atoms with Crippen LogP contribution in [0.2, 0.25) is 5.02 Å². The van der Waals surface area contributed by atoms with Crippen LogP contribution in [0.1, 0.15) is 12.8 Å². The smallest absolute Gasteiger partial charge is 0.261 e. The second-order valence-electron chi connectivity index (χ2n) is 7.44. The van der Waals surface area contributed by atoms with E-state index in [0.717, 1.165) is 17.9 Å². The van der Waals surface area contributed by atoms with E-state index >= 15 is 0 Å². The van der Waals surface area contributed by atoms with Crippen LogP contribution in [-0.2, 0) is 14.8 Å². The van der Waals surface area contributed by atoms with Crippen molar-refractivity contribution in [1.29, 1.82) is 0 Å². The number of piperidine rings is 1. The highest BCUT2D eigenvalue weighted by atomic mass is 35.5. The highest BCUT2D eigenvalue weighted by molar-refractivity contribution is 8.00. The molecule has 0 N–H and O–H groups in total. The maximum atomic E-state index is 13.2. The van der Waals surface area contributed by atoms with Crippen LogP contribution >= 0.6 is 23.4 Å². The molecule has 0 bridgehead atoms. The zero-order valence-electron chi connectivity index (χ0n) is 16.7. The van der Waals surface area contributed by atoms with E-state index in [0.29, 0.717) is 43.2 Å². The molecule has 6 nitrogen and oxygen atoms in total. The Hall–Kier alpha value is -1.81. The van der Waals surface area contributed by atoms with Crippen molar-refractivity contribution >= 4 is 39.3 Å². The third kappa shape index (κ3) is 4.69. The number of rotatable bonds is 5. The Kier molecular flexibility index (Phi) is 6.48. The van der Waals surface area contributed by atoms with Crippen LogP contribution in [-0.4, -0.2) is 60.4 Å². The molecular weight excluding hydrogens is 463 g/mol. The maximum absolute atomic E-state index is 13.2. The zero-order valence-corrected chi connectivity index (χ0v) is 19.1. The lowest BCUT2D eigenvalue weighted by Gasteiger charge is -2.43. The Labute approximate surface area is 190 Å². The summed E-state index contributed by atoms with van der Waals surface area (Å²) in [5.74, 6) is 0.778. The predicted molar refractivity (Wildman–Crippen MR) is 118 cm³/mol. The minimum absolute atomic E-state index is 0.0771. The van der Waals surface area contributed by atoms with Gasteiger partial charge in [-0.3, -0.25) is 4.79 Å². The number of nitrogens with zero attached hydrogens (tertiary/aromatic N) is 2. The quantitative estimate of drug-likeness (QED) is 0.648. The standard InChI is InChI=1S/C21H22ClFN2O4S2/c22-16-1-5-18(6-2-16)29-15-20(26)25-13-14-30-21(25)9-11-24(12-10-21)31(27,28)19-7-3-17(23)4-8-19/h1-8H,9-15H2. The van der Waals surface area contributed by atoms with Crippen LogP contribution in [0, 0.1) is 5.82 Å². The number of benzene rings is 2. The summed E-state index contributed by atoms with van der Waals surface area (Å²) in [6.07, 6.45) is 1.07. The molecule has 1 amide bonds. The predicted octanol–water partition coefficient (Wildman–Crippen LogP) is 3.61. The summed E-state index contributed by atoms with van der Waals surface area (Å²) < 4.78 is 46.0. The van der Waals surface area contributed by atoms with Gasteiger partial charge in [-0.15, -0.1) is 11.8 Å². The van der Waals surface area contributed by atoms with Gasteiger partial charge in [-0.05, 0) is 61.4 Å². The van der Waals surface area contributed by atoms with Gasteiger partial charge in [0, 0.05) is 30.4 Å². The largest absolute Gasteiger partial charge is 0.484 e. The van der Waals surface area contributed by atoms with Crippen molar-refractivity contribution in [3.05, 3.63) is 59.4 Å². The van der Waals surface area contributed by atoms with Gasteiger partial charge in [0.05, 0.1) is 9.77 Å². The Bertz CT molecular complexity index is 1040. The van der Waals surface area contributed by atoms with Gasteiger partial charge in [0.15, 0.2) is 6.61 Å². The zero-order chi connectivity index (χ0) is 22.1. The van der Waals surface area contributed by atoms with Gasteiger partial charge in [0.2, 0.25) is 10.0 Å². The summed E-state index contributed by atoms with van der Waals surface area (Å²) in [7, 11) is -3.69. The molecule has 2 saturated heterocycles. The first kappa shape index (κ1) is 22.4. The molecule has 2 aromatic rings. The number of thioether (sulfide) groups is 1. The fraction of sp³-hybridized carbons (Fsp3) is 0.381. The number of hydrogen-bond acceptors (Lipinski definition) is 5. The Morgan fingerprint density at radius 2 is 1.71 bits per heavy atom. The topological polar surface area (TPSA) is 66.9 Å². The molecule has 2 heterocycles. The monoisotopic (exact) mass is 484 g/mol. The molecule has 2 fully saturated rings. The summed E-state index contributed by atoms with van der Waals surface area (Å²) in [5, 5.41) is 0.593. The molecule has 0 atom stereocenters. The average molecular weight is 485 g/mol. The summed E-state index contributed by atoms with van der Waals surface area (Å²) in [6.45, 7) is 1.13. The third-order valence-electron chi connectivity index (χ3n) is 5.61. The lowest BCUT2D eigenvalue weighted by atomic mass is 10.0. The molecule has 4 rings (SSSR count). The fourth-order valence-electron chi connectivity index (χ4n) is 3.96. The van der Waals surface area contributed by atoms with Crippen LogP contribution in [0.4, 0.5) is 4.39 Å². The van der Waals surface area contributed by atoms with E-state index < -0.39 is 20.7 Å². The van der Waals surface area contributed by atoms with Gasteiger partial charge in [-0.1, -0.05) is 11.6 Å². The second-order valence-corrected chi connectivity index (χ2v) is 11.3. The van der Waals surface area contributed by atoms with Gasteiger partial charge in [0.1, 0.15) is 11.6 Å². The van der Waals surface area contributed by atoms with Crippen LogP contribution in [0.25, 0.3) is 0 Å². The number of sulfonamides is 1. The Morgan fingerprint density at radius 1 is 1.06 bits per heavy atom. The molecule has 0 saturated carbocycles. The second kappa shape index (κ2) is 8.97. The third-order valence-corrected chi connectivity index (χ3v) is 9.33. The van der Waals surface area contributed by atoms with Crippen molar-refractivity contribution in [2.45, 2.75) is 22.6 Å². The molecule has 2 aliphatic rings. The summed E-state index contributed by atoms with van der Waals surface area (Å²) in [4.78, 5) is 14.4. The first-order chi connectivity index (χ1) is 14.8. The van der Waals surface area contributed by atoms with Gasteiger partial charge in [-0.25, -0.2) is 12.8 Å². The number of ether oxygens (including phenoxy) is 1.